The first-order valence-electron chi connectivity index (χ1n) is 6.49. The Kier molecular flexibility index (Phi) is 8.01. The summed E-state index contributed by atoms with van der Waals surface area (Å²) in [4.78, 5) is 8.12. The molecule has 0 amide bonds. The first-order valence-corrected chi connectivity index (χ1v) is 7.47. The highest BCUT2D eigenvalue weighted by molar-refractivity contribution is 7.99. The Bertz CT molecular complexity index is 279. The van der Waals surface area contributed by atoms with E-state index in [-0.39, 0.29) is 0 Å². The molecule has 1 aromatic heterocycles. The number of hydrogen-bond donors (Lipinski definition) is 1. The van der Waals surface area contributed by atoms with E-state index in [0.717, 1.165) is 17.3 Å². The molecule has 0 aliphatic heterocycles. The Balaban J connectivity index is 2.10. The minimum atomic E-state index is 0.681. The molecule has 0 spiro atoms. The third kappa shape index (κ3) is 6.64. The summed E-state index contributed by atoms with van der Waals surface area (Å²) in [6, 6.07) is 2.65. The fourth-order valence-corrected chi connectivity index (χ4v) is 2.47. The Labute approximate surface area is 109 Å². The molecule has 1 atom stereocenters. The fraction of sp³-hybridized carbons (Fsp3) is 0.692. The standard InChI is InChI=1S/C13H23N3S/c1-3-8-15-12(4-2)6-5-10-17-13-7-9-14-11-16-13/h7,9,11-12,15H,3-6,8,10H2,1-2H3. The number of rotatable bonds is 9. The average molecular weight is 253 g/mol. The predicted octanol–water partition coefficient (Wildman–Crippen LogP) is 3.13. The normalized spacial score (nSPS) is 12.6. The molecule has 0 bridgehead atoms. The van der Waals surface area contributed by atoms with E-state index < -0.39 is 0 Å². The van der Waals surface area contributed by atoms with Gasteiger partial charge in [-0.15, -0.1) is 11.8 Å². The summed E-state index contributed by atoms with van der Waals surface area (Å²) < 4.78 is 0. The molecule has 0 saturated heterocycles. The highest BCUT2D eigenvalue weighted by Crippen LogP contribution is 2.16. The summed E-state index contributed by atoms with van der Waals surface area (Å²) in [7, 11) is 0. The summed E-state index contributed by atoms with van der Waals surface area (Å²) in [5, 5.41) is 4.66. The SMILES string of the molecule is CCCNC(CC)CCCSc1ccncn1. The lowest BCUT2D eigenvalue weighted by Gasteiger charge is -2.15. The van der Waals surface area contributed by atoms with Crippen molar-refractivity contribution < 1.29 is 0 Å². The van der Waals surface area contributed by atoms with Gasteiger partial charge in [-0.05, 0) is 44.0 Å². The van der Waals surface area contributed by atoms with Crippen LogP contribution in [0.2, 0.25) is 0 Å². The number of nitrogens with one attached hydrogen (secondary N) is 1. The van der Waals surface area contributed by atoms with Gasteiger partial charge in [-0.25, -0.2) is 9.97 Å². The second-order valence-electron chi connectivity index (χ2n) is 4.10. The maximum absolute atomic E-state index is 4.20. The highest BCUT2D eigenvalue weighted by atomic mass is 32.2. The van der Waals surface area contributed by atoms with Gasteiger partial charge in [-0.2, -0.15) is 0 Å². The van der Waals surface area contributed by atoms with Crippen LogP contribution in [0.4, 0.5) is 0 Å². The van der Waals surface area contributed by atoms with Crippen LogP contribution in [0.25, 0.3) is 0 Å². The number of nitrogens with zero attached hydrogens (tertiary/aromatic N) is 2. The van der Waals surface area contributed by atoms with Crippen molar-refractivity contribution in [3.63, 3.8) is 0 Å². The highest BCUT2D eigenvalue weighted by Gasteiger charge is 2.04. The van der Waals surface area contributed by atoms with E-state index in [0.29, 0.717) is 6.04 Å². The van der Waals surface area contributed by atoms with Crippen molar-refractivity contribution in [2.45, 2.75) is 50.6 Å². The summed E-state index contributed by atoms with van der Waals surface area (Å²) in [6.45, 7) is 5.60. The van der Waals surface area contributed by atoms with Crippen molar-refractivity contribution in [2.24, 2.45) is 0 Å². The van der Waals surface area contributed by atoms with Crippen molar-refractivity contribution in [3.05, 3.63) is 18.6 Å². The maximum Gasteiger partial charge on any atom is 0.116 e. The topological polar surface area (TPSA) is 37.8 Å². The second-order valence-corrected chi connectivity index (χ2v) is 5.21. The molecule has 1 rings (SSSR count). The molecule has 1 heterocycles. The Morgan fingerprint density at radius 2 is 2.29 bits per heavy atom. The smallest absolute Gasteiger partial charge is 0.116 e. The van der Waals surface area contributed by atoms with E-state index >= 15 is 0 Å². The molecule has 0 radical (unpaired) electrons. The minimum absolute atomic E-state index is 0.681. The van der Waals surface area contributed by atoms with Crippen LogP contribution in [0.5, 0.6) is 0 Å². The molecule has 0 aliphatic carbocycles. The molecule has 4 heteroatoms. The van der Waals surface area contributed by atoms with Gasteiger partial charge in [0.1, 0.15) is 6.33 Å². The summed E-state index contributed by atoms with van der Waals surface area (Å²) in [6.07, 6.45) is 8.34. The Morgan fingerprint density at radius 1 is 1.41 bits per heavy atom. The van der Waals surface area contributed by atoms with Crippen LogP contribution in [-0.4, -0.2) is 28.3 Å². The zero-order chi connectivity index (χ0) is 12.3. The molecule has 0 aliphatic rings. The van der Waals surface area contributed by atoms with Crippen molar-refractivity contribution in [1.82, 2.24) is 15.3 Å². The van der Waals surface area contributed by atoms with E-state index in [9.17, 15) is 0 Å². The molecule has 3 nitrogen and oxygen atoms in total. The monoisotopic (exact) mass is 253 g/mol. The van der Waals surface area contributed by atoms with Gasteiger partial charge in [-0.3, -0.25) is 0 Å². The molecule has 1 unspecified atom stereocenters. The third-order valence-electron chi connectivity index (χ3n) is 2.68. The molecule has 0 aromatic carbocycles. The Hall–Kier alpha value is -0.610. The van der Waals surface area contributed by atoms with Crippen molar-refractivity contribution in [1.29, 1.82) is 0 Å². The molecular formula is C13H23N3S. The van der Waals surface area contributed by atoms with Crippen LogP contribution in [-0.2, 0) is 0 Å². The third-order valence-corrected chi connectivity index (χ3v) is 3.71. The first kappa shape index (κ1) is 14.5. The molecule has 17 heavy (non-hydrogen) atoms. The van der Waals surface area contributed by atoms with E-state index in [4.69, 9.17) is 0 Å². The van der Waals surface area contributed by atoms with Gasteiger partial charge in [0.15, 0.2) is 0 Å². The zero-order valence-corrected chi connectivity index (χ0v) is 11.7. The summed E-state index contributed by atoms with van der Waals surface area (Å²) in [5.41, 5.74) is 0. The zero-order valence-electron chi connectivity index (χ0n) is 10.9. The van der Waals surface area contributed by atoms with Crippen LogP contribution in [0.1, 0.15) is 39.5 Å². The number of aromatic nitrogens is 2. The summed E-state index contributed by atoms with van der Waals surface area (Å²) in [5.74, 6) is 1.14. The molecule has 0 saturated carbocycles. The van der Waals surface area contributed by atoms with Gasteiger partial charge in [-0.1, -0.05) is 13.8 Å². The van der Waals surface area contributed by atoms with Gasteiger partial charge in [0.25, 0.3) is 0 Å². The van der Waals surface area contributed by atoms with E-state index in [1.54, 1.807) is 12.5 Å². The molecule has 1 N–H and O–H groups in total. The average Bonchev–Trinajstić information content (AvgIpc) is 2.39. The lowest BCUT2D eigenvalue weighted by Crippen LogP contribution is -2.29. The molecular weight excluding hydrogens is 230 g/mol. The van der Waals surface area contributed by atoms with E-state index in [2.05, 4.69) is 29.1 Å². The lowest BCUT2D eigenvalue weighted by molar-refractivity contribution is 0.465. The second kappa shape index (κ2) is 9.42. The first-order chi connectivity index (χ1) is 8.36. The fourth-order valence-electron chi connectivity index (χ4n) is 1.67. The summed E-state index contributed by atoms with van der Waals surface area (Å²) >= 11 is 1.82. The van der Waals surface area contributed by atoms with Crippen LogP contribution in [0.3, 0.4) is 0 Å². The van der Waals surface area contributed by atoms with Crippen LogP contribution in [0.15, 0.2) is 23.6 Å². The van der Waals surface area contributed by atoms with Gasteiger partial charge >= 0.3 is 0 Å². The van der Waals surface area contributed by atoms with Crippen LogP contribution < -0.4 is 5.32 Å². The molecule has 96 valence electrons. The maximum atomic E-state index is 4.20. The number of hydrogen-bond acceptors (Lipinski definition) is 4. The quantitative estimate of drug-likeness (QED) is 0.417. The van der Waals surface area contributed by atoms with Gasteiger partial charge in [0, 0.05) is 12.2 Å². The van der Waals surface area contributed by atoms with Crippen LogP contribution >= 0.6 is 11.8 Å². The van der Waals surface area contributed by atoms with Gasteiger partial charge < -0.3 is 5.32 Å². The Morgan fingerprint density at radius 3 is 2.94 bits per heavy atom. The van der Waals surface area contributed by atoms with Crippen molar-refractivity contribution in [2.75, 3.05) is 12.3 Å². The van der Waals surface area contributed by atoms with Crippen molar-refractivity contribution >= 4 is 11.8 Å². The van der Waals surface area contributed by atoms with Gasteiger partial charge in [0.2, 0.25) is 0 Å². The van der Waals surface area contributed by atoms with E-state index in [1.165, 1.54) is 25.7 Å². The predicted molar refractivity (Wildman–Crippen MR) is 74.4 cm³/mol. The minimum Gasteiger partial charge on any atom is -0.314 e. The largest absolute Gasteiger partial charge is 0.314 e. The number of thioether (sulfide) groups is 1. The van der Waals surface area contributed by atoms with Crippen molar-refractivity contribution in [3.8, 4) is 0 Å². The van der Waals surface area contributed by atoms with Crippen LogP contribution in [0, 0.1) is 0 Å². The van der Waals surface area contributed by atoms with E-state index in [1.807, 2.05) is 17.8 Å². The molecule has 0 fully saturated rings. The lowest BCUT2D eigenvalue weighted by atomic mass is 10.1. The van der Waals surface area contributed by atoms with Gasteiger partial charge in [0.05, 0.1) is 5.03 Å². The molecule has 1 aromatic rings.